The molecular formula is C42H23N7O2S3. The number of para-hydroxylation sites is 1. The Labute approximate surface area is 319 Å². The van der Waals surface area contributed by atoms with Crippen molar-refractivity contribution in [2.45, 2.75) is 12.0 Å². The predicted octanol–water partition coefficient (Wildman–Crippen LogP) is 11.4. The van der Waals surface area contributed by atoms with E-state index in [4.69, 9.17) is 31.0 Å². The smallest absolute Gasteiger partial charge is 0.135 e. The number of allylic oxidation sites excluding steroid dienone is 2. The number of fused-ring (bicyclic) bond motifs is 9. The molecule has 0 bridgehead atoms. The zero-order chi connectivity index (χ0) is 35.3. The summed E-state index contributed by atoms with van der Waals surface area (Å²) in [6.07, 6.45) is 8.51. The Morgan fingerprint density at radius 1 is 0.519 bits per heavy atom. The van der Waals surface area contributed by atoms with E-state index in [1.54, 1.807) is 0 Å². The number of ether oxygens (including phenoxy) is 1. The van der Waals surface area contributed by atoms with Crippen LogP contribution in [-0.4, -0.2) is 32.3 Å². The van der Waals surface area contributed by atoms with Crippen molar-refractivity contribution < 1.29 is 9.15 Å². The first-order chi connectivity index (χ1) is 26.8. The van der Waals surface area contributed by atoms with Crippen LogP contribution in [0.15, 0.2) is 132 Å². The third kappa shape index (κ3) is 4.41. The fourth-order valence-corrected chi connectivity index (χ4v) is 9.68. The molecule has 0 amide bonds. The fourth-order valence-electron chi connectivity index (χ4n) is 8.00. The number of rotatable bonds is 5. The van der Waals surface area contributed by atoms with Gasteiger partial charge < -0.3 is 14.1 Å². The largest absolute Gasteiger partial charge is 0.485 e. The number of hydrogen-bond acceptors (Lipinski definition) is 12. The van der Waals surface area contributed by atoms with Crippen LogP contribution in [0.1, 0.15) is 11.5 Å². The average Bonchev–Trinajstić information content (AvgIpc) is 4.07. The van der Waals surface area contributed by atoms with Crippen LogP contribution in [-0.2, 0) is 0 Å². The van der Waals surface area contributed by atoms with Crippen molar-refractivity contribution in [2.75, 3.05) is 4.90 Å². The molecule has 0 spiro atoms. The maximum absolute atomic E-state index is 6.25. The SMILES string of the molecule is C1=CC2Oc3ccc(-c4ccc(N(c5cccc6nsnc56)c5ccc(-c6ccc7oc8ccccc8c7c6)c6nsnc56)c5nsnc45)cc3C2C=C1. The fraction of sp³-hybridized carbons (Fsp3) is 0.0476. The number of hydrogen-bond donors (Lipinski definition) is 0. The van der Waals surface area contributed by atoms with Crippen LogP contribution in [0.5, 0.6) is 5.75 Å². The van der Waals surface area contributed by atoms with Crippen molar-refractivity contribution in [1.29, 1.82) is 0 Å². The van der Waals surface area contributed by atoms with Gasteiger partial charge in [0.25, 0.3) is 0 Å². The second-order valence-corrected chi connectivity index (χ2v) is 15.0. The molecule has 12 heteroatoms. The lowest BCUT2D eigenvalue weighted by molar-refractivity contribution is 0.269. The lowest BCUT2D eigenvalue weighted by Crippen LogP contribution is -2.15. The molecule has 5 heterocycles. The van der Waals surface area contributed by atoms with Gasteiger partial charge in [-0.3, -0.25) is 0 Å². The quantitative estimate of drug-likeness (QED) is 0.170. The lowest BCUT2D eigenvalue weighted by atomic mass is 9.90. The topological polar surface area (TPSA) is 103 Å². The van der Waals surface area contributed by atoms with Gasteiger partial charge in [-0.15, -0.1) is 0 Å². The van der Waals surface area contributed by atoms with Gasteiger partial charge in [0.05, 0.1) is 52.2 Å². The van der Waals surface area contributed by atoms with Gasteiger partial charge in [-0.1, -0.05) is 54.6 Å². The standard InChI is InChI=1S/C42H23N7O2S3/c1-3-10-34-26(6-1)28-20-22(12-18-36(28)50-34)24-14-16-32(41-38(24)44-53-47-41)49(31-9-5-8-30-40(31)46-52-43-30)33-17-15-25(39-42(33)48-54-45-39)23-13-19-37-29(21-23)27-7-2-4-11-35(27)51-37/h1-21,26,34H. The van der Waals surface area contributed by atoms with E-state index in [2.05, 4.69) is 100 Å². The molecule has 12 rings (SSSR count). The van der Waals surface area contributed by atoms with E-state index < -0.39 is 0 Å². The van der Waals surface area contributed by atoms with E-state index in [1.165, 1.54) is 40.7 Å². The van der Waals surface area contributed by atoms with E-state index in [-0.39, 0.29) is 12.0 Å². The van der Waals surface area contributed by atoms with Crippen LogP contribution in [0.4, 0.5) is 17.1 Å². The maximum Gasteiger partial charge on any atom is 0.135 e. The second-order valence-electron chi connectivity index (χ2n) is 13.4. The van der Waals surface area contributed by atoms with Crippen molar-refractivity contribution in [1.82, 2.24) is 26.2 Å². The average molecular weight is 754 g/mol. The van der Waals surface area contributed by atoms with Crippen molar-refractivity contribution >= 4 is 107 Å². The summed E-state index contributed by atoms with van der Waals surface area (Å²) < 4.78 is 41.4. The first kappa shape index (κ1) is 30.2. The van der Waals surface area contributed by atoms with Crippen LogP contribution in [0, 0.1) is 0 Å². The first-order valence-corrected chi connectivity index (χ1v) is 19.6. The minimum absolute atomic E-state index is 0.0249. The normalized spacial score (nSPS) is 16.1. The van der Waals surface area contributed by atoms with Crippen molar-refractivity contribution in [3.05, 3.63) is 133 Å². The Hall–Kier alpha value is -6.34. The minimum Gasteiger partial charge on any atom is -0.485 e. The molecule has 6 aromatic carbocycles. The highest BCUT2D eigenvalue weighted by atomic mass is 32.1. The van der Waals surface area contributed by atoms with Crippen LogP contribution in [0.25, 0.3) is 77.3 Å². The van der Waals surface area contributed by atoms with Gasteiger partial charge in [0, 0.05) is 33.4 Å². The van der Waals surface area contributed by atoms with Crippen LogP contribution >= 0.6 is 35.2 Å². The lowest BCUT2D eigenvalue weighted by Gasteiger charge is -2.26. The molecule has 0 fully saturated rings. The third-order valence-electron chi connectivity index (χ3n) is 10.5. The Morgan fingerprint density at radius 3 is 2.02 bits per heavy atom. The molecule has 256 valence electrons. The molecule has 2 aliphatic rings. The first-order valence-electron chi connectivity index (χ1n) is 17.4. The van der Waals surface area contributed by atoms with Gasteiger partial charge in [-0.05, 0) is 83.9 Å². The van der Waals surface area contributed by atoms with E-state index in [9.17, 15) is 0 Å². The summed E-state index contributed by atoms with van der Waals surface area (Å²) in [6.45, 7) is 0. The van der Waals surface area contributed by atoms with Gasteiger partial charge >= 0.3 is 0 Å². The second kappa shape index (κ2) is 11.6. The van der Waals surface area contributed by atoms with Crippen molar-refractivity contribution in [3.8, 4) is 28.0 Å². The summed E-state index contributed by atoms with van der Waals surface area (Å²) in [5.74, 6) is 1.11. The summed E-state index contributed by atoms with van der Waals surface area (Å²) >= 11 is 3.61. The highest BCUT2D eigenvalue weighted by Gasteiger charge is 2.33. The van der Waals surface area contributed by atoms with Crippen LogP contribution in [0.2, 0.25) is 0 Å². The molecule has 0 saturated heterocycles. The number of anilines is 3. The third-order valence-corrected chi connectivity index (χ3v) is 12.1. The zero-order valence-corrected chi connectivity index (χ0v) is 30.4. The van der Waals surface area contributed by atoms with Gasteiger partial charge in [-0.25, -0.2) is 0 Å². The number of aromatic nitrogens is 6. The predicted molar refractivity (Wildman–Crippen MR) is 218 cm³/mol. The highest BCUT2D eigenvalue weighted by Crippen LogP contribution is 2.48. The molecule has 1 aliphatic carbocycles. The summed E-state index contributed by atoms with van der Waals surface area (Å²) in [5, 5.41) is 2.15. The Kier molecular flexibility index (Phi) is 6.47. The Morgan fingerprint density at radius 2 is 1.19 bits per heavy atom. The van der Waals surface area contributed by atoms with E-state index in [0.29, 0.717) is 0 Å². The molecule has 10 aromatic rings. The van der Waals surface area contributed by atoms with Crippen molar-refractivity contribution in [2.24, 2.45) is 0 Å². The maximum atomic E-state index is 6.25. The van der Waals surface area contributed by atoms with Crippen LogP contribution in [0.3, 0.4) is 0 Å². The Balaban J connectivity index is 1.04. The van der Waals surface area contributed by atoms with Gasteiger partial charge in [0.2, 0.25) is 0 Å². The van der Waals surface area contributed by atoms with Gasteiger partial charge in [0.1, 0.15) is 56.1 Å². The molecule has 1 aliphatic heterocycles. The molecular weight excluding hydrogens is 731 g/mol. The number of furan rings is 1. The molecule has 0 saturated carbocycles. The molecule has 4 aromatic heterocycles. The summed E-state index contributed by atoms with van der Waals surface area (Å²) in [5.41, 5.74) is 14.4. The van der Waals surface area contributed by atoms with E-state index in [0.717, 1.165) is 100 Å². The van der Waals surface area contributed by atoms with E-state index >= 15 is 0 Å². The highest BCUT2D eigenvalue weighted by molar-refractivity contribution is 7.00. The van der Waals surface area contributed by atoms with Crippen LogP contribution < -0.4 is 9.64 Å². The summed E-state index contributed by atoms with van der Waals surface area (Å²) in [4.78, 5) is 2.19. The Bertz CT molecular complexity index is 3210. The molecule has 54 heavy (non-hydrogen) atoms. The molecule has 2 atom stereocenters. The van der Waals surface area contributed by atoms with E-state index in [1.807, 2.05) is 36.4 Å². The minimum atomic E-state index is 0.0249. The van der Waals surface area contributed by atoms with Gasteiger partial charge in [0.15, 0.2) is 0 Å². The van der Waals surface area contributed by atoms with Crippen molar-refractivity contribution in [3.63, 3.8) is 0 Å². The summed E-state index contributed by atoms with van der Waals surface area (Å²) in [6, 6.07) is 35.5. The molecule has 0 N–H and O–H groups in total. The van der Waals surface area contributed by atoms with Gasteiger partial charge in [-0.2, -0.15) is 26.2 Å². The molecule has 0 radical (unpaired) electrons. The monoisotopic (exact) mass is 753 g/mol. The molecule has 9 nitrogen and oxygen atoms in total. The zero-order valence-electron chi connectivity index (χ0n) is 28.0. The molecule has 2 unspecified atom stereocenters. The summed E-state index contributed by atoms with van der Waals surface area (Å²) in [7, 11) is 0. The number of benzene rings is 6. The number of nitrogens with zero attached hydrogens (tertiary/aromatic N) is 7.